The Kier molecular flexibility index (Phi) is 7.95. The third kappa shape index (κ3) is 6.46. The molecule has 0 unspecified atom stereocenters. The zero-order valence-electron chi connectivity index (χ0n) is 17.6. The van der Waals surface area contributed by atoms with Gasteiger partial charge in [-0.25, -0.2) is 13.2 Å². The number of benzene rings is 2. The van der Waals surface area contributed by atoms with Crippen molar-refractivity contribution in [3.8, 4) is 5.75 Å². The van der Waals surface area contributed by atoms with Crippen LogP contribution in [0.3, 0.4) is 0 Å². The minimum absolute atomic E-state index is 0.0404. The summed E-state index contributed by atoms with van der Waals surface area (Å²) in [5, 5.41) is 2.49. The second-order valence-corrected chi connectivity index (χ2v) is 8.93. The van der Waals surface area contributed by atoms with Gasteiger partial charge in [-0.05, 0) is 48.9 Å². The zero-order chi connectivity index (χ0) is 24.0. The maximum Gasteiger partial charge on any atom is 0.387 e. The molecule has 0 bridgehead atoms. The largest absolute Gasteiger partial charge is 0.452 e. The molecule has 0 atom stereocenters. The number of carbonyl (C=O) groups is 2. The van der Waals surface area contributed by atoms with Gasteiger partial charge in [0, 0.05) is 18.8 Å². The molecule has 0 aliphatic carbocycles. The highest BCUT2D eigenvalue weighted by atomic mass is 32.2. The number of carbonyl (C=O) groups excluding carboxylic acids is 2. The van der Waals surface area contributed by atoms with Crippen LogP contribution in [-0.2, 0) is 24.3 Å². The number of anilines is 1. The Morgan fingerprint density at radius 3 is 2.42 bits per heavy atom. The Morgan fingerprint density at radius 2 is 1.79 bits per heavy atom. The summed E-state index contributed by atoms with van der Waals surface area (Å²) in [6.45, 7) is -0.874. The Hall–Kier alpha value is -3.09. The van der Waals surface area contributed by atoms with Crippen molar-refractivity contribution in [1.82, 2.24) is 4.31 Å². The maximum absolute atomic E-state index is 12.9. The van der Waals surface area contributed by atoms with E-state index in [2.05, 4.69) is 10.1 Å². The summed E-state index contributed by atoms with van der Waals surface area (Å²) in [5.74, 6) is -1.64. The quantitative estimate of drug-likeness (QED) is 0.573. The number of esters is 1. The Labute approximate surface area is 189 Å². The number of ether oxygens (including phenoxy) is 3. The Bertz CT molecular complexity index is 1100. The van der Waals surface area contributed by atoms with Crippen molar-refractivity contribution in [2.45, 2.75) is 18.4 Å². The van der Waals surface area contributed by atoms with E-state index in [0.29, 0.717) is 18.8 Å². The van der Waals surface area contributed by atoms with Gasteiger partial charge in [-0.3, -0.25) is 4.79 Å². The molecule has 2 aromatic carbocycles. The van der Waals surface area contributed by atoms with Crippen LogP contribution in [0.5, 0.6) is 5.75 Å². The van der Waals surface area contributed by atoms with Crippen molar-refractivity contribution in [3.05, 3.63) is 53.6 Å². The standard InChI is InChI=1S/C21H22F2N2O7S/c1-14-2-5-16(12-18(14)33(28,29)25-8-10-30-11-9-25)24-19(26)13-31-20(27)15-3-6-17(7-4-15)32-21(22)23/h2-7,12,21H,8-11,13H2,1H3,(H,24,26). The second kappa shape index (κ2) is 10.7. The molecular formula is C21H22F2N2O7S. The molecule has 1 heterocycles. The van der Waals surface area contributed by atoms with Gasteiger partial charge in [-0.15, -0.1) is 0 Å². The van der Waals surface area contributed by atoms with Gasteiger partial charge in [0.15, 0.2) is 6.61 Å². The van der Waals surface area contributed by atoms with Crippen molar-refractivity contribution in [2.24, 2.45) is 0 Å². The van der Waals surface area contributed by atoms with Crippen molar-refractivity contribution < 1.29 is 41.0 Å². The number of sulfonamides is 1. The molecule has 33 heavy (non-hydrogen) atoms. The number of amides is 1. The van der Waals surface area contributed by atoms with E-state index in [-0.39, 0.29) is 35.0 Å². The number of alkyl halides is 2. The SMILES string of the molecule is Cc1ccc(NC(=O)COC(=O)c2ccc(OC(F)F)cc2)cc1S(=O)(=O)N1CCOCC1. The highest BCUT2D eigenvalue weighted by Crippen LogP contribution is 2.24. The van der Waals surface area contributed by atoms with E-state index < -0.39 is 35.1 Å². The number of nitrogens with zero attached hydrogens (tertiary/aromatic N) is 1. The molecule has 9 nitrogen and oxygen atoms in total. The van der Waals surface area contributed by atoms with Gasteiger partial charge in [-0.1, -0.05) is 6.07 Å². The predicted molar refractivity (Wildman–Crippen MR) is 113 cm³/mol. The molecular weight excluding hydrogens is 462 g/mol. The summed E-state index contributed by atoms with van der Waals surface area (Å²) in [4.78, 5) is 24.3. The summed E-state index contributed by atoms with van der Waals surface area (Å²) in [6, 6.07) is 9.24. The summed E-state index contributed by atoms with van der Waals surface area (Å²) >= 11 is 0. The molecule has 1 fully saturated rings. The first kappa shape index (κ1) is 24.6. The lowest BCUT2D eigenvalue weighted by molar-refractivity contribution is -0.119. The molecule has 0 aromatic heterocycles. The third-order valence-corrected chi connectivity index (χ3v) is 6.75. The fourth-order valence-corrected chi connectivity index (χ4v) is 4.72. The Balaban J connectivity index is 1.60. The number of aryl methyl sites for hydroxylation is 1. The molecule has 1 aliphatic heterocycles. The van der Waals surface area contributed by atoms with E-state index >= 15 is 0 Å². The first-order valence-corrected chi connectivity index (χ1v) is 11.3. The van der Waals surface area contributed by atoms with E-state index in [1.165, 1.54) is 40.7 Å². The van der Waals surface area contributed by atoms with Crippen molar-refractivity contribution >= 4 is 27.6 Å². The van der Waals surface area contributed by atoms with Crippen LogP contribution >= 0.6 is 0 Å². The van der Waals surface area contributed by atoms with Gasteiger partial charge < -0.3 is 19.5 Å². The van der Waals surface area contributed by atoms with Gasteiger partial charge in [0.2, 0.25) is 10.0 Å². The van der Waals surface area contributed by atoms with Gasteiger partial charge in [0.05, 0.1) is 23.7 Å². The van der Waals surface area contributed by atoms with Crippen LogP contribution in [0.1, 0.15) is 15.9 Å². The molecule has 1 aliphatic rings. The maximum atomic E-state index is 12.9. The number of halogens is 2. The lowest BCUT2D eigenvalue weighted by atomic mass is 10.2. The molecule has 1 saturated heterocycles. The average Bonchev–Trinajstić information content (AvgIpc) is 2.79. The average molecular weight is 484 g/mol. The Morgan fingerprint density at radius 1 is 1.12 bits per heavy atom. The highest BCUT2D eigenvalue weighted by Gasteiger charge is 2.28. The molecule has 1 N–H and O–H groups in total. The van der Waals surface area contributed by atoms with E-state index in [0.717, 1.165) is 0 Å². The summed E-state index contributed by atoms with van der Waals surface area (Å²) in [5.41, 5.74) is 0.783. The van der Waals surface area contributed by atoms with E-state index in [9.17, 15) is 26.8 Å². The topological polar surface area (TPSA) is 111 Å². The summed E-state index contributed by atoms with van der Waals surface area (Å²) in [7, 11) is -3.76. The first-order valence-electron chi connectivity index (χ1n) is 9.87. The number of hydrogen-bond acceptors (Lipinski definition) is 7. The molecule has 0 radical (unpaired) electrons. The molecule has 0 spiro atoms. The number of nitrogens with one attached hydrogen (secondary N) is 1. The van der Waals surface area contributed by atoms with E-state index in [4.69, 9.17) is 9.47 Å². The molecule has 3 rings (SSSR count). The van der Waals surface area contributed by atoms with Gasteiger partial charge in [-0.2, -0.15) is 13.1 Å². The molecule has 0 saturated carbocycles. The lowest BCUT2D eigenvalue weighted by Crippen LogP contribution is -2.40. The van der Waals surface area contributed by atoms with Crippen LogP contribution in [0, 0.1) is 6.92 Å². The van der Waals surface area contributed by atoms with Gasteiger partial charge >= 0.3 is 12.6 Å². The van der Waals surface area contributed by atoms with Gasteiger partial charge in [0.1, 0.15) is 5.75 Å². The number of morpholine rings is 1. The zero-order valence-corrected chi connectivity index (χ0v) is 18.4. The molecule has 12 heteroatoms. The predicted octanol–water partition coefficient (Wildman–Crippen LogP) is 2.41. The minimum Gasteiger partial charge on any atom is -0.452 e. The normalized spacial score (nSPS) is 14.7. The first-order chi connectivity index (χ1) is 15.7. The second-order valence-electron chi connectivity index (χ2n) is 7.02. The van der Waals surface area contributed by atoms with Crippen LogP contribution in [0.25, 0.3) is 0 Å². The van der Waals surface area contributed by atoms with Crippen LogP contribution in [0.4, 0.5) is 14.5 Å². The number of rotatable bonds is 8. The fourth-order valence-electron chi connectivity index (χ4n) is 3.07. The molecule has 178 valence electrons. The van der Waals surface area contributed by atoms with Crippen LogP contribution < -0.4 is 10.1 Å². The fraction of sp³-hybridized carbons (Fsp3) is 0.333. The minimum atomic E-state index is -3.76. The lowest BCUT2D eigenvalue weighted by Gasteiger charge is -2.26. The summed E-state index contributed by atoms with van der Waals surface area (Å²) < 4.78 is 65.9. The molecule has 2 aromatic rings. The van der Waals surface area contributed by atoms with E-state index in [1.54, 1.807) is 13.0 Å². The smallest absolute Gasteiger partial charge is 0.387 e. The monoisotopic (exact) mass is 484 g/mol. The third-order valence-electron chi connectivity index (χ3n) is 4.71. The number of hydrogen-bond donors (Lipinski definition) is 1. The van der Waals surface area contributed by atoms with E-state index in [1.807, 2.05) is 0 Å². The van der Waals surface area contributed by atoms with Crippen molar-refractivity contribution in [3.63, 3.8) is 0 Å². The molecule has 1 amide bonds. The van der Waals surface area contributed by atoms with Crippen molar-refractivity contribution in [2.75, 3.05) is 38.2 Å². The van der Waals surface area contributed by atoms with Gasteiger partial charge in [0.25, 0.3) is 5.91 Å². The van der Waals surface area contributed by atoms with Crippen molar-refractivity contribution in [1.29, 1.82) is 0 Å². The highest BCUT2D eigenvalue weighted by molar-refractivity contribution is 7.89. The van der Waals surface area contributed by atoms with Crippen LogP contribution in [0.15, 0.2) is 47.4 Å². The van der Waals surface area contributed by atoms with Crippen LogP contribution in [0.2, 0.25) is 0 Å². The van der Waals surface area contributed by atoms with Crippen LogP contribution in [-0.4, -0.2) is 64.1 Å². The summed E-state index contributed by atoms with van der Waals surface area (Å²) in [6.07, 6.45) is 0.